The summed E-state index contributed by atoms with van der Waals surface area (Å²) < 4.78 is 0. The number of hydrogen-bond acceptors (Lipinski definition) is 3. The van der Waals surface area contributed by atoms with Gasteiger partial charge in [-0.3, -0.25) is 4.98 Å². The predicted molar refractivity (Wildman–Crippen MR) is 67.1 cm³/mol. The molecule has 88 valence electrons. The summed E-state index contributed by atoms with van der Waals surface area (Å²) in [5.74, 6) is 1.81. The lowest BCUT2D eigenvalue weighted by Gasteiger charge is -2.26. The summed E-state index contributed by atoms with van der Waals surface area (Å²) in [5.41, 5.74) is 1.03. The van der Waals surface area contributed by atoms with Gasteiger partial charge in [0.2, 0.25) is 0 Å². The van der Waals surface area contributed by atoms with Gasteiger partial charge in [-0.2, -0.15) is 0 Å². The molecule has 1 aromatic rings. The molecular formula is C12H18ClN3. The quantitative estimate of drug-likeness (QED) is 0.757. The Morgan fingerprint density at radius 3 is 3.00 bits per heavy atom. The molecule has 1 aromatic heterocycles. The molecule has 1 atom stereocenters. The molecule has 0 amide bonds. The lowest BCUT2D eigenvalue weighted by Crippen LogP contribution is -2.30. The molecule has 1 saturated heterocycles. The number of aromatic nitrogens is 2. The van der Waals surface area contributed by atoms with Crippen molar-refractivity contribution in [3.63, 3.8) is 0 Å². The third-order valence-electron chi connectivity index (χ3n) is 3.18. The maximum Gasteiger partial charge on any atom is 0.150 e. The van der Waals surface area contributed by atoms with Crippen LogP contribution in [0.4, 0.5) is 5.82 Å². The second kappa shape index (κ2) is 5.48. The average molecular weight is 240 g/mol. The van der Waals surface area contributed by atoms with Crippen molar-refractivity contribution in [3.8, 4) is 0 Å². The molecule has 3 nitrogen and oxygen atoms in total. The zero-order valence-electron chi connectivity index (χ0n) is 9.69. The number of rotatable bonds is 4. The van der Waals surface area contributed by atoms with Crippen molar-refractivity contribution in [1.29, 1.82) is 0 Å². The second-order valence-corrected chi connectivity index (χ2v) is 4.66. The molecule has 1 unspecified atom stereocenters. The summed E-state index contributed by atoms with van der Waals surface area (Å²) in [6, 6.07) is 0.606. The van der Waals surface area contributed by atoms with Crippen molar-refractivity contribution in [3.05, 3.63) is 18.1 Å². The normalized spacial score (nSPS) is 20.4. The predicted octanol–water partition coefficient (Wildman–Crippen LogP) is 2.77. The monoisotopic (exact) mass is 239 g/mol. The number of aryl methyl sites for hydroxylation is 1. The van der Waals surface area contributed by atoms with Gasteiger partial charge in [-0.25, -0.2) is 4.98 Å². The molecule has 1 fully saturated rings. The number of anilines is 1. The van der Waals surface area contributed by atoms with Crippen molar-refractivity contribution in [2.75, 3.05) is 17.3 Å². The first-order valence-corrected chi connectivity index (χ1v) is 6.46. The van der Waals surface area contributed by atoms with Gasteiger partial charge in [-0.05, 0) is 32.6 Å². The van der Waals surface area contributed by atoms with E-state index in [1.807, 2.05) is 6.92 Å². The van der Waals surface area contributed by atoms with Crippen LogP contribution < -0.4 is 4.90 Å². The summed E-state index contributed by atoms with van der Waals surface area (Å²) in [4.78, 5) is 11.2. The molecule has 0 aliphatic carbocycles. The van der Waals surface area contributed by atoms with Gasteiger partial charge in [-0.15, -0.1) is 11.6 Å². The first-order valence-electron chi connectivity index (χ1n) is 5.93. The van der Waals surface area contributed by atoms with Crippen LogP contribution in [0.2, 0.25) is 0 Å². The van der Waals surface area contributed by atoms with E-state index in [2.05, 4.69) is 14.9 Å². The van der Waals surface area contributed by atoms with E-state index in [-0.39, 0.29) is 0 Å². The summed E-state index contributed by atoms with van der Waals surface area (Å²) in [7, 11) is 0. The smallest absolute Gasteiger partial charge is 0.150 e. The van der Waals surface area contributed by atoms with Crippen LogP contribution in [-0.2, 0) is 0 Å². The summed E-state index contributed by atoms with van der Waals surface area (Å²) in [5, 5.41) is 0. The van der Waals surface area contributed by atoms with E-state index in [0.717, 1.165) is 30.4 Å². The molecular weight excluding hydrogens is 222 g/mol. The highest BCUT2D eigenvalue weighted by molar-refractivity contribution is 6.17. The first kappa shape index (κ1) is 11.6. The fourth-order valence-corrected chi connectivity index (χ4v) is 2.56. The van der Waals surface area contributed by atoms with Gasteiger partial charge in [0.15, 0.2) is 0 Å². The van der Waals surface area contributed by atoms with Crippen molar-refractivity contribution in [1.82, 2.24) is 9.97 Å². The number of nitrogens with zero attached hydrogens (tertiary/aromatic N) is 3. The molecule has 0 bridgehead atoms. The summed E-state index contributed by atoms with van der Waals surface area (Å²) >= 11 is 5.76. The van der Waals surface area contributed by atoms with Gasteiger partial charge in [0.25, 0.3) is 0 Å². The van der Waals surface area contributed by atoms with Crippen LogP contribution in [0.5, 0.6) is 0 Å². The van der Waals surface area contributed by atoms with E-state index in [4.69, 9.17) is 11.6 Å². The number of hydrogen-bond donors (Lipinski definition) is 0. The summed E-state index contributed by atoms with van der Waals surface area (Å²) in [6.07, 6.45) is 8.29. The molecule has 2 rings (SSSR count). The van der Waals surface area contributed by atoms with E-state index in [0.29, 0.717) is 6.04 Å². The van der Waals surface area contributed by atoms with Gasteiger partial charge in [0.1, 0.15) is 5.82 Å². The van der Waals surface area contributed by atoms with Crippen LogP contribution in [0.15, 0.2) is 12.4 Å². The molecule has 1 aliphatic rings. The number of alkyl halides is 1. The van der Waals surface area contributed by atoms with Crippen LogP contribution in [0.3, 0.4) is 0 Å². The molecule has 0 N–H and O–H groups in total. The minimum absolute atomic E-state index is 0.606. The third-order valence-corrected chi connectivity index (χ3v) is 3.44. The Morgan fingerprint density at radius 1 is 1.44 bits per heavy atom. The van der Waals surface area contributed by atoms with E-state index in [1.165, 1.54) is 19.3 Å². The Labute approximate surface area is 102 Å². The third kappa shape index (κ3) is 2.46. The largest absolute Gasteiger partial charge is 0.352 e. The topological polar surface area (TPSA) is 29.0 Å². The lowest BCUT2D eigenvalue weighted by molar-refractivity contribution is 0.596. The van der Waals surface area contributed by atoms with Gasteiger partial charge in [0, 0.05) is 30.9 Å². The number of halogens is 1. The van der Waals surface area contributed by atoms with E-state index in [1.54, 1.807) is 12.4 Å². The standard InChI is InChI=1S/C12H18ClN3/c1-10-12(15-8-7-14-10)16-9-3-5-11(16)4-2-6-13/h7-8,11H,2-6,9H2,1H3. The molecule has 0 radical (unpaired) electrons. The maximum atomic E-state index is 5.76. The van der Waals surface area contributed by atoms with Crippen molar-refractivity contribution >= 4 is 17.4 Å². The Morgan fingerprint density at radius 2 is 2.25 bits per heavy atom. The molecule has 2 heterocycles. The molecule has 0 spiro atoms. The fraction of sp³-hybridized carbons (Fsp3) is 0.667. The maximum absolute atomic E-state index is 5.76. The highest BCUT2D eigenvalue weighted by Crippen LogP contribution is 2.27. The van der Waals surface area contributed by atoms with Crippen molar-refractivity contribution in [2.45, 2.75) is 38.6 Å². The van der Waals surface area contributed by atoms with Gasteiger partial charge in [0.05, 0.1) is 5.69 Å². The Kier molecular flexibility index (Phi) is 3.99. The lowest BCUT2D eigenvalue weighted by atomic mass is 10.1. The first-order chi connectivity index (χ1) is 7.83. The molecule has 16 heavy (non-hydrogen) atoms. The van der Waals surface area contributed by atoms with E-state index in [9.17, 15) is 0 Å². The van der Waals surface area contributed by atoms with Crippen LogP contribution in [0.1, 0.15) is 31.4 Å². The van der Waals surface area contributed by atoms with Crippen LogP contribution in [0.25, 0.3) is 0 Å². The zero-order valence-corrected chi connectivity index (χ0v) is 10.5. The van der Waals surface area contributed by atoms with Gasteiger partial charge >= 0.3 is 0 Å². The summed E-state index contributed by atoms with van der Waals surface area (Å²) in [6.45, 7) is 3.13. The van der Waals surface area contributed by atoms with Crippen LogP contribution in [-0.4, -0.2) is 28.4 Å². The molecule has 0 saturated carbocycles. The van der Waals surface area contributed by atoms with Crippen LogP contribution in [0, 0.1) is 6.92 Å². The molecule has 1 aliphatic heterocycles. The van der Waals surface area contributed by atoms with Gasteiger partial charge < -0.3 is 4.90 Å². The Bertz CT molecular complexity index is 343. The second-order valence-electron chi connectivity index (χ2n) is 4.29. The molecule has 4 heteroatoms. The minimum atomic E-state index is 0.606. The average Bonchev–Trinajstić information content (AvgIpc) is 2.75. The highest BCUT2D eigenvalue weighted by Gasteiger charge is 2.26. The fourth-order valence-electron chi connectivity index (χ4n) is 2.41. The Hall–Kier alpha value is -0.830. The SMILES string of the molecule is Cc1nccnc1N1CCCC1CCCCl. The highest BCUT2D eigenvalue weighted by atomic mass is 35.5. The Balaban J connectivity index is 2.10. The zero-order chi connectivity index (χ0) is 11.4. The van der Waals surface area contributed by atoms with E-state index < -0.39 is 0 Å². The molecule has 0 aromatic carbocycles. The minimum Gasteiger partial charge on any atom is -0.352 e. The van der Waals surface area contributed by atoms with Gasteiger partial charge in [-0.1, -0.05) is 0 Å². The van der Waals surface area contributed by atoms with Crippen LogP contribution >= 0.6 is 11.6 Å². The van der Waals surface area contributed by atoms with E-state index >= 15 is 0 Å². The van der Waals surface area contributed by atoms with Crippen molar-refractivity contribution < 1.29 is 0 Å². The van der Waals surface area contributed by atoms with Crippen molar-refractivity contribution in [2.24, 2.45) is 0 Å².